The topological polar surface area (TPSA) is 67.2 Å². The minimum atomic E-state index is -0.537. The number of rotatable bonds is 3. The summed E-state index contributed by atoms with van der Waals surface area (Å²) in [4.78, 5) is 26.1. The third-order valence-electron chi connectivity index (χ3n) is 3.81. The van der Waals surface area contributed by atoms with Gasteiger partial charge in [-0.05, 0) is 24.6 Å². The van der Waals surface area contributed by atoms with Gasteiger partial charge in [-0.25, -0.2) is 0 Å². The van der Waals surface area contributed by atoms with Crippen molar-refractivity contribution in [2.24, 2.45) is 0 Å². The molecule has 0 aliphatic carbocycles. The van der Waals surface area contributed by atoms with Gasteiger partial charge in [-0.15, -0.1) is 0 Å². The van der Waals surface area contributed by atoms with E-state index in [1.807, 2.05) is 0 Å². The van der Waals surface area contributed by atoms with Crippen LogP contribution in [-0.2, 0) is 4.79 Å². The Balaban J connectivity index is 1.95. The van der Waals surface area contributed by atoms with Crippen molar-refractivity contribution in [2.75, 3.05) is 18.9 Å². The third kappa shape index (κ3) is 3.09. The zero-order valence-corrected chi connectivity index (χ0v) is 14.9. The number of aromatic nitrogens is 2. The van der Waals surface area contributed by atoms with Gasteiger partial charge in [0.2, 0.25) is 5.91 Å². The van der Waals surface area contributed by atoms with Crippen LogP contribution in [0, 0.1) is 0 Å². The number of benzene rings is 1. The largest absolute Gasteiger partial charge is 0.371 e. The highest BCUT2D eigenvalue weighted by molar-refractivity contribution is 6.36. The quantitative estimate of drug-likeness (QED) is 0.879. The number of likely N-dealkylation sites (tertiary alicyclic amines) is 1. The molecular formula is C15H13Cl3N4O2. The molecule has 3 rings (SSSR count). The van der Waals surface area contributed by atoms with Gasteiger partial charge >= 0.3 is 0 Å². The lowest BCUT2D eigenvalue weighted by Crippen LogP contribution is -2.32. The normalized spacial score (nSPS) is 17.4. The second-order valence-corrected chi connectivity index (χ2v) is 6.65. The molecule has 6 nitrogen and oxygen atoms in total. The van der Waals surface area contributed by atoms with Crippen LogP contribution in [0.2, 0.25) is 15.1 Å². The first-order valence-corrected chi connectivity index (χ1v) is 8.26. The van der Waals surface area contributed by atoms with E-state index in [1.165, 1.54) is 12.3 Å². The number of nitrogens with one attached hydrogen (secondary N) is 1. The summed E-state index contributed by atoms with van der Waals surface area (Å²) in [6, 6.07) is 4.28. The lowest BCUT2D eigenvalue weighted by atomic mass is 10.2. The number of nitrogens with zero attached hydrogens (tertiary/aromatic N) is 3. The molecule has 0 spiro atoms. The van der Waals surface area contributed by atoms with Crippen LogP contribution in [0.15, 0.2) is 29.2 Å². The van der Waals surface area contributed by atoms with Crippen LogP contribution in [0.4, 0.5) is 5.69 Å². The molecule has 1 fully saturated rings. The van der Waals surface area contributed by atoms with Crippen LogP contribution < -0.4 is 10.9 Å². The van der Waals surface area contributed by atoms with E-state index in [9.17, 15) is 9.59 Å². The zero-order valence-electron chi connectivity index (χ0n) is 12.6. The highest BCUT2D eigenvalue weighted by atomic mass is 35.5. The van der Waals surface area contributed by atoms with E-state index in [0.717, 1.165) is 4.68 Å². The summed E-state index contributed by atoms with van der Waals surface area (Å²) in [6.07, 6.45) is 2.04. The molecule has 1 aromatic carbocycles. The van der Waals surface area contributed by atoms with Crippen molar-refractivity contribution < 1.29 is 4.79 Å². The van der Waals surface area contributed by atoms with Crippen molar-refractivity contribution >= 4 is 46.4 Å². The Kier molecular flexibility index (Phi) is 4.71. The average Bonchev–Trinajstić information content (AvgIpc) is 2.85. The molecule has 2 heterocycles. The minimum absolute atomic E-state index is 0.0454. The van der Waals surface area contributed by atoms with E-state index >= 15 is 0 Å². The molecule has 126 valence electrons. The van der Waals surface area contributed by atoms with E-state index in [2.05, 4.69) is 10.4 Å². The maximum Gasteiger partial charge on any atom is 0.292 e. The molecule has 1 aromatic heterocycles. The molecule has 24 heavy (non-hydrogen) atoms. The van der Waals surface area contributed by atoms with Crippen LogP contribution in [0.5, 0.6) is 0 Å². The molecule has 1 amide bonds. The maximum absolute atomic E-state index is 12.5. The van der Waals surface area contributed by atoms with Gasteiger partial charge in [0.05, 0.1) is 22.6 Å². The number of hydrogen-bond acceptors (Lipinski definition) is 4. The van der Waals surface area contributed by atoms with Gasteiger partial charge in [-0.1, -0.05) is 34.8 Å². The minimum Gasteiger partial charge on any atom is -0.371 e. The summed E-state index contributed by atoms with van der Waals surface area (Å²) in [5.74, 6) is -0.0454. The van der Waals surface area contributed by atoms with Gasteiger partial charge in [-0.3, -0.25) is 9.59 Å². The molecule has 1 saturated heterocycles. The zero-order chi connectivity index (χ0) is 17.4. The molecule has 1 aliphatic heterocycles. The summed E-state index contributed by atoms with van der Waals surface area (Å²) in [5, 5.41) is 7.74. The third-order valence-corrected chi connectivity index (χ3v) is 4.72. The first kappa shape index (κ1) is 17.1. The number of carbonyl (C=O) groups is 1. The second kappa shape index (κ2) is 6.63. The lowest BCUT2D eigenvalue weighted by molar-refractivity contribution is -0.127. The molecule has 0 saturated carbocycles. The van der Waals surface area contributed by atoms with Crippen molar-refractivity contribution in [3.63, 3.8) is 0 Å². The van der Waals surface area contributed by atoms with Crippen LogP contribution in [0.25, 0.3) is 5.69 Å². The molecule has 9 heteroatoms. The fourth-order valence-corrected chi connectivity index (χ4v) is 3.17. The van der Waals surface area contributed by atoms with E-state index in [4.69, 9.17) is 34.8 Å². The number of amides is 1. The van der Waals surface area contributed by atoms with Crippen LogP contribution in [0.3, 0.4) is 0 Å². The predicted octanol–water partition coefficient (Wildman–Crippen LogP) is 2.84. The summed E-state index contributed by atoms with van der Waals surface area (Å²) in [7, 11) is 1.73. The standard InChI is InChI=1S/C15H13Cl3N4O2/c1-21-5-4-10(14(21)23)20-11-7-19-22(15(24)13(11)18)12-3-2-8(16)6-9(12)17/h2-3,6-7,10,20H,4-5H2,1H3. The monoisotopic (exact) mass is 386 g/mol. The van der Waals surface area contributed by atoms with Crippen LogP contribution in [0.1, 0.15) is 6.42 Å². The first-order valence-electron chi connectivity index (χ1n) is 7.13. The number of halogens is 3. The predicted molar refractivity (Wildman–Crippen MR) is 94.5 cm³/mol. The molecule has 2 aromatic rings. The molecule has 0 radical (unpaired) electrons. The van der Waals surface area contributed by atoms with Gasteiger partial charge in [0, 0.05) is 18.6 Å². The lowest BCUT2D eigenvalue weighted by Gasteiger charge is -2.15. The van der Waals surface area contributed by atoms with Crippen molar-refractivity contribution in [1.82, 2.24) is 14.7 Å². The second-order valence-electron chi connectivity index (χ2n) is 5.43. The number of carbonyl (C=O) groups excluding carboxylic acids is 1. The van der Waals surface area contributed by atoms with Crippen LogP contribution in [-0.4, -0.2) is 40.2 Å². The first-order chi connectivity index (χ1) is 11.4. The summed E-state index contributed by atoms with van der Waals surface area (Å²) >= 11 is 18.1. The summed E-state index contributed by atoms with van der Waals surface area (Å²) in [6.45, 7) is 0.652. The van der Waals surface area contributed by atoms with Gasteiger partial charge in [0.25, 0.3) is 5.56 Å². The fraction of sp³-hybridized carbons (Fsp3) is 0.267. The Hall–Kier alpha value is -1.76. The van der Waals surface area contributed by atoms with Gasteiger partial charge in [-0.2, -0.15) is 9.78 Å². The highest BCUT2D eigenvalue weighted by Gasteiger charge is 2.29. The van der Waals surface area contributed by atoms with E-state index in [0.29, 0.717) is 29.4 Å². The maximum atomic E-state index is 12.5. The highest BCUT2D eigenvalue weighted by Crippen LogP contribution is 2.25. The fourth-order valence-electron chi connectivity index (χ4n) is 2.50. The Morgan fingerprint density at radius 2 is 2.00 bits per heavy atom. The summed E-state index contributed by atoms with van der Waals surface area (Å²) < 4.78 is 1.09. The van der Waals surface area contributed by atoms with E-state index < -0.39 is 11.6 Å². The number of likely N-dealkylation sites (N-methyl/N-ethyl adjacent to an activating group) is 1. The van der Waals surface area contributed by atoms with Gasteiger partial charge in [0.1, 0.15) is 11.1 Å². The Morgan fingerprint density at radius 1 is 1.25 bits per heavy atom. The Bertz CT molecular complexity index is 868. The number of anilines is 1. The molecule has 1 N–H and O–H groups in total. The van der Waals surface area contributed by atoms with Gasteiger partial charge in [0.15, 0.2) is 0 Å². The number of hydrogen-bond donors (Lipinski definition) is 1. The van der Waals surface area contributed by atoms with E-state index in [1.54, 1.807) is 24.1 Å². The smallest absolute Gasteiger partial charge is 0.292 e. The Morgan fingerprint density at radius 3 is 2.62 bits per heavy atom. The van der Waals surface area contributed by atoms with Crippen molar-refractivity contribution in [1.29, 1.82) is 0 Å². The van der Waals surface area contributed by atoms with E-state index in [-0.39, 0.29) is 16.0 Å². The van der Waals surface area contributed by atoms with Crippen molar-refractivity contribution in [3.05, 3.63) is 49.8 Å². The average molecular weight is 388 g/mol. The van der Waals surface area contributed by atoms with Crippen LogP contribution >= 0.6 is 34.8 Å². The molecule has 0 bridgehead atoms. The van der Waals surface area contributed by atoms with Gasteiger partial charge < -0.3 is 10.2 Å². The SMILES string of the molecule is CN1CCC(Nc2cnn(-c3ccc(Cl)cc3Cl)c(=O)c2Cl)C1=O. The summed E-state index contributed by atoms with van der Waals surface area (Å²) in [5.41, 5.74) is 0.150. The molecule has 1 aliphatic rings. The Labute approximate surface area is 152 Å². The van der Waals surface area contributed by atoms with Crippen molar-refractivity contribution in [3.8, 4) is 5.69 Å². The molecular weight excluding hydrogens is 375 g/mol. The molecule has 1 unspecified atom stereocenters. The molecule has 1 atom stereocenters. The van der Waals surface area contributed by atoms with Crippen molar-refractivity contribution in [2.45, 2.75) is 12.5 Å².